The van der Waals surface area contributed by atoms with E-state index in [9.17, 15) is 9.18 Å². The Morgan fingerprint density at radius 3 is 2.47 bits per heavy atom. The van der Waals surface area contributed by atoms with E-state index < -0.39 is 5.91 Å². The Kier molecular flexibility index (Phi) is 5.02. The Morgan fingerprint density at radius 2 is 1.77 bits per heavy atom. The molecule has 0 fully saturated rings. The van der Waals surface area contributed by atoms with Gasteiger partial charge in [0.1, 0.15) is 17.5 Å². The minimum Gasteiger partial charge on any atom is -0.365 e. The molecule has 7 heteroatoms. The first kappa shape index (κ1) is 19.3. The van der Waals surface area contributed by atoms with E-state index in [4.69, 9.17) is 10.8 Å². The number of nitrogens with two attached hydrogens (primary N) is 1. The van der Waals surface area contributed by atoms with Gasteiger partial charge in [-0.3, -0.25) is 4.79 Å². The number of hydrogen-bond donors (Lipinski definition) is 2. The predicted molar refractivity (Wildman–Crippen MR) is 114 cm³/mol. The summed E-state index contributed by atoms with van der Waals surface area (Å²) in [7, 11) is 0. The van der Waals surface area contributed by atoms with Crippen LogP contribution in [0.15, 0.2) is 66.7 Å². The smallest absolute Gasteiger partial charge is 0.252 e. The first-order valence-corrected chi connectivity index (χ1v) is 9.39. The third-order valence-electron chi connectivity index (χ3n) is 4.74. The Bertz CT molecular complexity index is 1230. The van der Waals surface area contributed by atoms with Crippen LogP contribution in [0.2, 0.25) is 0 Å². The summed E-state index contributed by atoms with van der Waals surface area (Å²) in [6.07, 6.45) is 0. The zero-order chi connectivity index (χ0) is 21.3. The molecule has 0 aliphatic carbocycles. The van der Waals surface area contributed by atoms with Crippen molar-refractivity contribution < 1.29 is 9.18 Å². The standard InChI is InChI=1S/C23H20FN5O/c1-14-5-3-4-6-20(14)29-21(13-19(28-29)16-8-10-17(24)11-9-16)27-23-18(22(25)30)12-7-15(2)26-23/h3-13H,1-2H3,(H2,25,30)(H,26,27). The van der Waals surface area contributed by atoms with Gasteiger partial charge >= 0.3 is 0 Å². The highest BCUT2D eigenvalue weighted by atomic mass is 19.1. The van der Waals surface area contributed by atoms with Crippen LogP contribution in [-0.4, -0.2) is 20.7 Å². The van der Waals surface area contributed by atoms with Gasteiger partial charge in [0.05, 0.1) is 16.9 Å². The first-order chi connectivity index (χ1) is 14.4. The lowest BCUT2D eigenvalue weighted by atomic mass is 10.1. The van der Waals surface area contributed by atoms with E-state index in [1.54, 1.807) is 28.9 Å². The second kappa shape index (κ2) is 7.79. The molecular formula is C23H20FN5O. The number of benzene rings is 2. The number of nitrogens with one attached hydrogen (secondary N) is 1. The molecule has 0 saturated carbocycles. The highest BCUT2D eigenvalue weighted by molar-refractivity contribution is 5.98. The van der Waals surface area contributed by atoms with Crippen molar-refractivity contribution in [3.05, 3.63) is 89.4 Å². The number of aromatic nitrogens is 3. The fourth-order valence-electron chi connectivity index (χ4n) is 3.19. The van der Waals surface area contributed by atoms with Crippen LogP contribution in [0.25, 0.3) is 16.9 Å². The second-order valence-corrected chi connectivity index (χ2v) is 6.96. The summed E-state index contributed by atoms with van der Waals surface area (Å²) >= 11 is 0. The molecule has 1 amide bonds. The third kappa shape index (κ3) is 3.77. The molecule has 2 heterocycles. The van der Waals surface area contributed by atoms with Crippen LogP contribution in [0.4, 0.5) is 16.0 Å². The largest absolute Gasteiger partial charge is 0.365 e. The van der Waals surface area contributed by atoms with Crippen molar-refractivity contribution in [2.45, 2.75) is 13.8 Å². The molecular weight excluding hydrogens is 381 g/mol. The number of pyridine rings is 1. The molecule has 4 aromatic rings. The Morgan fingerprint density at radius 1 is 1.03 bits per heavy atom. The fourth-order valence-corrected chi connectivity index (χ4v) is 3.19. The fraction of sp³-hybridized carbons (Fsp3) is 0.0870. The van der Waals surface area contributed by atoms with Crippen molar-refractivity contribution in [1.82, 2.24) is 14.8 Å². The van der Waals surface area contributed by atoms with E-state index >= 15 is 0 Å². The quantitative estimate of drug-likeness (QED) is 0.514. The van der Waals surface area contributed by atoms with Crippen molar-refractivity contribution in [2.75, 3.05) is 5.32 Å². The summed E-state index contributed by atoms with van der Waals surface area (Å²) in [4.78, 5) is 16.3. The normalized spacial score (nSPS) is 10.8. The molecule has 0 spiro atoms. The van der Waals surface area contributed by atoms with Crippen molar-refractivity contribution >= 4 is 17.5 Å². The van der Waals surface area contributed by atoms with Gasteiger partial charge in [-0.05, 0) is 61.9 Å². The number of anilines is 2. The summed E-state index contributed by atoms with van der Waals surface area (Å²) in [5.41, 5.74) is 9.83. The van der Waals surface area contributed by atoms with Gasteiger partial charge in [-0.1, -0.05) is 18.2 Å². The Balaban J connectivity index is 1.86. The zero-order valence-electron chi connectivity index (χ0n) is 16.6. The van der Waals surface area contributed by atoms with Gasteiger partial charge in [0.2, 0.25) is 0 Å². The van der Waals surface area contributed by atoms with Crippen molar-refractivity contribution in [1.29, 1.82) is 0 Å². The second-order valence-electron chi connectivity index (χ2n) is 6.96. The van der Waals surface area contributed by atoms with Gasteiger partial charge < -0.3 is 11.1 Å². The molecule has 150 valence electrons. The monoisotopic (exact) mass is 401 g/mol. The van der Waals surface area contributed by atoms with Gasteiger partial charge in [-0.15, -0.1) is 0 Å². The number of hydrogen-bond acceptors (Lipinski definition) is 4. The maximum absolute atomic E-state index is 13.4. The van der Waals surface area contributed by atoms with Crippen LogP contribution < -0.4 is 11.1 Å². The number of amides is 1. The van der Waals surface area contributed by atoms with Crippen LogP contribution in [0, 0.1) is 19.7 Å². The molecule has 2 aromatic heterocycles. The molecule has 6 nitrogen and oxygen atoms in total. The van der Waals surface area contributed by atoms with Crippen LogP contribution in [0.1, 0.15) is 21.6 Å². The topological polar surface area (TPSA) is 85.8 Å². The molecule has 3 N–H and O–H groups in total. The van der Waals surface area contributed by atoms with Gasteiger partial charge in [0.25, 0.3) is 5.91 Å². The number of primary amides is 1. The van der Waals surface area contributed by atoms with Crippen LogP contribution in [0.3, 0.4) is 0 Å². The first-order valence-electron chi connectivity index (χ1n) is 9.39. The van der Waals surface area contributed by atoms with Crippen molar-refractivity contribution in [3.63, 3.8) is 0 Å². The molecule has 0 aliphatic rings. The van der Waals surface area contributed by atoms with Gasteiger partial charge in [0.15, 0.2) is 0 Å². The summed E-state index contributed by atoms with van der Waals surface area (Å²) in [6, 6.07) is 19.1. The maximum Gasteiger partial charge on any atom is 0.252 e. The summed E-state index contributed by atoms with van der Waals surface area (Å²) in [6.45, 7) is 3.82. The maximum atomic E-state index is 13.4. The zero-order valence-corrected chi connectivity index (χ0v) is 16.6. The molecule has 4 rings (SSSR count). The summed E-state index contributed by atoms with van der Waals surface area (Å²) in [5.74, 6) is 0.0586. The van der Waals surface area contributed by atoms with E-state index in [1.807, 2.05) is 44.2 Å². The molecule has 0 unspecified atom stereocenters. The van der Waals surface area contributed by atoms with Gasteiger partial charge in [0, 0.05) is 17.3 Å². The van der Waals surface area contributed by atoms with Crippen LogP contribution in [-0.2, 0) is 0 Å². The number of carbonyl (C=O) groups excluding carboxylic acids is 1. The number of aryl methyl sites for hydroxylation is 2. The average Bonchev–Trinajstić information content (AvgIpc) is 3.12. The van der Waals surface area contributed by atoms with Crippen LogP contribution in [0.5, 0.6) is 0 Å². The van der Waals surface area contributed by atoms with Crippen molar-refractivity contribution in [3.8, 4) is 16.9 Å². The van der Waals surface area contributed by atoms with E-state index in [0.29, 0.717) is 17.3 Å². The van der Waals surface area contributed by atoms with Gasteiger partial charge in [-0.2, -0.15) is 5.10 Å². The molecule has 30 heavy (non-hydrogen) atoms. The number of para-hydroxylation sites is 1. The average molecular weight is 401 g/mol. The minimum atomic E-state index is -0.578. The highest BCUT2D eigenvalue weighted by Gasteiger charge is 2.17. The third-order valence-corrected chi connectivity index (χ3v) is 4.74. The van der Waals surface area contributed by atoms with E-state index in [1.165, 1.54) is 12.1 Å². The van der Waals surface area contributed by atoms with Gasteiger partial charge in [-0.25, -0.2) is 14.1 Å². The SMILES string of the molecule is Cc1ccc(C(N)=O)c(Nc2cc(-c3ccc(F)cc3)nn2-c2ccccc2C)n1. The molecule has 0 bridgehead atoms. The minimum absolute atomic E-state index is 0.279. The Labute approximate surface area is 173 Å². The van der Waals surface area contributed by atoms with E-state index in [2.05, 4.69) is 10.3 Å². The molecule has 0 aliphatic heterocycles. The molecule has 2 aromatic carbocycles. The molecule has 0 saturated heterocycles. The predicted octanol–water partition coefficient (Wildman–Crippen LogP) is 4.53. The Hall–Kier alpha value is -4.00. The molecule has 0 radical (unpaired) electrons. The number of rotatable bonds is 5. The van der Waals surface area contributed by atoms with E-state index in [-0.39, 0.29) is 11.4 Å². The lowest BCUT2D eigenvalue weighted by molar-refractivity contribution is 0.100. The van der Waals surface area contributed by atoms with E-state index in [0.717, 1.165) is 22.5 Å². The highest BCUT2D eigenvalue weighted by Crippen LogP contribution is 2.29. The van der Waals surface area contributed by atoms with Crippen molar-refractivity contribution in [2.24, 2.45) is 5.73 Å². The number of halogens is 1. The molecule has 0 atom stereocenters. The number of carbonyl (C=O) groups is 1. The number of nitrogens with zero attached hydrogens (tertiary/aromatic N) is 3. The lowest BCUT2D eigenvalue weighted by Crippen LogP contribution is -2.15. The van der Waals surface area contributed by atoms with Crippen LogP contribution >= 0.6 is 0 Å². The summed E-state index contributed by atoms with van der Waals surface area (Å²) < 4.78 is 15.1. The summed E-state index contributed by atoms with van der Waals surface area (Å²) in [5, 5.41) is 7.93. The lowest BCUT2D eigenvalue weighted by Gasteiger charge is -2.13.